The van der Waals surface area contributed by atoms with E-state index in [-0.39, 0.29) is 17.1 Å². The van der Waals surface area contributed by atoms with Crippen LogP contribution in [0.2, 0.25) is 0 Å². The largest absolute Gasteiger partial charge is 0.322 e. The molecule has 0 radical (unpaired) electrons. The Bertz CT molecular complexity index is 1300. The Morgan fingerprint density at radius 3 is 2.03 bits per heavy atom. The molecule has 1 N–H and O–H groups in total. The van der Waals surface area contributed by atoms with Gasteiger partial charge in [-0.1, -0.05) is 87.5 Å². The standard InChI is InChI=1S/C31H29NO2S/c1-31(2,3)26-18-16-23(17-19-26)29(33)25-8-7-9-27(20-25)32-30(34)24-14-12-22(13-15-24)21-35-28-10-5-4-6-11-28/h4-20H,21H2,1-3H3,(H,32,34). The molecule has 4 rings (SSSR count). The van der Waals surface area contributed by atoms with Crippen LogP contribution in [0.25, 0.3) is 0 Å². The number of carbonyl (C=O) groups excluding carboxylic acids is 2. The van der Waals surface area contributed by atoms with Crippen molar-refractivity contribution in [1.82, 2.24) is 0 Å². The van der Waals surface area contributed by atoms with Crippen LogP contribution >= 0.6 is 11.8 Å². The fraction of sp³-hybridized carbons (Fsp3) is 0.161. The third kappa shape index (κ3) is 6.49. The molecule has 4 aromatic carbocycles. The van der Waals surface area contributed by atoms with Crippen LogP contribution in [0, 0.1) is 0 Å². The van der Waals surface area contributed by atoms with Crippen LogP contribution in [0.15, 0.2) is 108 Å². The van der Waals surface area contributed by atoms with Crippen molar-refractivity contribution in [2.45, 2.75) is 36.8 Å². The van der Waals surface area contributed by atoms with Crippen LogP contribution in [-0.2, 0) is 11.2 Å². The van der Waals surface area contributed by atoms with Gasteiger partial charge in [0.2, 0.25) is 0 Å². The molecular weight excluding hydrogens is 450 g/mol. The lowest BCUT2D eigenvalue weighted by atomic mass is 9.86. The number of carbonyl (C=O) groups is 2. The SMILES string of the molecule is CC(C)(C)c1ccc(C(=O)c2cccc(NC(=O)c3ccc(CSc4ccccc4)cc3)c2)cc1. The highest BCUT2D eigenvalue weighted by Gasteiger charge is 2.16. The first-order chi connectivity index (χ1) is 16.8. The summed E-state index contributed by atoms with van der Waals surface area (Å²) in [7, 11) is 0. The molecule has 4 aromatic rings. The summed E-state index contributed by atoms with van der Waals surface area (Å²) in [5, 5.41) is 2.91. The predicted octanol–water partition coefficient (Wildman–Crippen LogP) is 7.76. The fourth-order valence-electron chi connectivity index (χ4n) is 3.67. The Hall–Kier alpha value is -3.63. The van der Waals surface area contributed by atoms with Gasteiger partial charge < -0.3 is 5.32 Å². The van der Waals surface area contributed by atoms with Crippen molar-refractivity contribution < 1.29 is 9.59 Å². The Kier molecular flexibility index (Phi) is 7.52. The predicted molar refractivity (Wildman–Crippen MR) is 145 cm³/mol. The van der Waals surface area contributed by atoms with Crippen LogP contribution in [0.1, 0.15) is 58.2 Å². The maximum absolute atomic E-state index is 13.0. The summed E-state index contributed by atoms with van der Waals surface area (Å²) in [6, 6.07) is 32.7. The average Bonchev–Trinajstić information content (AvgIpc) is 2.87. The monoisotopic (exact) mass is 479 g/mol. The van der Waals surface area contributed by atoms with Crippen LogP contribution < -0.4 is 5.32 Å². The second-order valence-corrected chi connectivity index (χ2v) is 10.5. The first kappa shape index (κ1) is 24.5. The molecule has 0 fully saturated rings. The van der Waals surface area contributed by atoms with Gasteiger partial charge in [0.1, 0.15) is 0 Å². The molecule has 4 heteroatoms. The van der Waals surface area contributed by atoms with E-state index in [9.17, 15) is 9.59 Å². The van der Waals surface area contributed by atoms with E-state index in [4.69, 9.17) is 0 Å². The molecule has 0 saturated heterocycles. The number of rotatable bonds is 7. The minimum Gasteiger partial charge on any atom is -0.322 e. The summed E-state index contributed by atoms with van der Waals surface area (Å²) in [6.07, 6.45) is 0. The van der Waals surface area contributed by atoms with Crippen LogP contribution in [0.4, 0.5) is 5.69 Å². The van der Waals surface area contributed by atoms with E-state index in [0.29, 0.717) is 22.4 Å². The number of thioether (sulfide) groups is 1. The summed E-state index contributed by atoms with van der Waals surface area (Å²) in [5.41, 5.74) is 4.71. The van der Waals surface area contributed by atoms with Gasteiger partial charge in [0.15, 0.2) is 5.78 Å². The Morgan fingerprint density at radius 1 is 0.714 bits per heavy atom. The molecular formula is C31H29NO2S. The van der Waals surface area contributed by atoms with E-state index < -0.39 is 0 Å². The zero-order valence-electron chi connectivity index (χ0n) is 20.2. The zero-order chi connectivity index (χ0) is 24.8. The molecule has 0 spiro atoms. The van der Waals surface area contributed by atoms with Gasteiger partial charge >= 0.3 is 0 Å². The van der Waals surface area contributed by atoms with Gasteiger partial charge in [-0.25, -0.2) is 0 Å². The summed E-state index contributed by atoms with van der Waals surface area (Å²) in [6.45, 7) is 6.44. The van der Waals surface area contributed by atoms with E-state index in [1.165, 1.54) is 10.5 Å². The van der Waals surface area contributed by atoms with Gasteiger partial charge in [0, 0.05) is 33.0 Å². The number of nitrogens with one attached hydrogen (secondary N) is 1. The molecule has 1 amide bonds. The van der Waals surface area contributed by atoms with Gasteiger partial charge in [0.25, 0.3) is 5.91 Å². The van der Waals surface area contributed by atoms with Crippen molar-refractivity contribution in [2.75, 3.05) is 5.32 Å². The quantitative estimate of drug-likeness (QED) is 0.218. The lowest BCUT2D eigenvalue weighted by Gasteiger charge is -2.19. The summed E-state index contributed by atoms with van der Waals surface area (Å²) < 4.78 is 0. The molecule has 0 bridgehead atoms. The average molecular weight is 480 g/mol. The molecule has 176 valence electrons. The maximum atomic E-state index is 13.0. The van der Waals surface area contributed by atoms with Crippen molar-refractivity contribution >= 4 is 29.1 Å². The third-order valence-corrected chi connectivity index (χ3v) is 6.84. The minimum absolute atomic E-state index is 0.0324. The zero-order valence-corrected chi connectivity index (χ0v) is 21.1. The number of amides is 1. The van der Waals surface area contributed by atoms with Gasteiger partial charge in [-0.15, -0.1) is 11.8 Å². The summed E-state index contributed by atoms with van der Waals surface area (Å²) in [5.74, 6) is 0.570. The molecule has 0 saturated carbocycles. The Labute approximate surface area is 211 Å². The smallest absolute Gasteiger partial charge is 0.255 e. The van der Waals surface area contributed by atoms with E-state index in [2.05, 4.69) is 38.2 Å². The van der Waals surface area contributed by atoms with Crippen LogP contribution in [0.3, 0.4) is 0 Å². The first-order valence-corrected chi connectivity index (χ1v) is 12.6. The fourth-order valence-corrected chi connectivity index (χ4v) is 4.54. The molecule has 0 atom stereocenters. The Balaban J connectivity index is 1.39. The maximum Gasteiger partial charge on any atom is 0.255 e. The highest BCUT2D eigenvalue weighted by Crippen LogP contribution is 2.24. The number of hydrogen-bond donors (Lipinski definition) is 1. The van der Waals surface area contributed by atoms with Crippen molar-refractivity contribution in [3.05, 3.63) is 131 Å². The second-order valence-electron chi connectivity index (χ2n) is 9.49. The van der Waals surface area contributed by atoms with Gasteiger partial charge in [-0.3, -0.25) is 9.59 Å². The number of anilines is 1. The molecule has 3 nitrogen and oxygen atoms in total. The molecule has 0 aromatic heterocycles. The van der Waals surface area contributed by atoms with E-state index >= 15 is 0 Å². The molecule has 0 heterocycles. The van der Waals surface area contributed by atoms with Crippen molar-refractivity contribution in [1.29, 1.82) is 0 Å². The Morgan fingerprint density at radius 2 is 1.37 bits per heavy atom. The van der Waals surface area contributed by atoms with Gasteiger partial charge in [-0.2, -0.15) is 0 Å². The van der Waals surface area contributed by atoms with E-state index in [1.54, 1.807) is 36.0 Å². The molecule has 0 aliphatic rings. The lowest BCUT2D eigenvalue weighted by molar-refractivity contribution is 0.102. The van der Waals surface area contributed by atoms with E-state index in [0.717, 1.165) is 11.3 Å². The van der Waals surface area contributed by atoms with Crippen LogP contribution in [0.5, 0.6) is 0 Å². The van der Waals surface area contributed by atoms with Gasteiger partial charge in [0.05, 0.1) is 0 Å². The molecule has 35 heavy (non-hydrogen) atoms. The number of benzene rings is 4. The summed E-state index contributed by atoms with van der Waals surface area (Å²) >= 11 is 1.76. The van der Waals surface area contributed by atoms with Crippen molar-refractivity contribution in [3.8, 4) is 0 Å². The van der Waals surface area contributed by atoms with Crippen molar-refractivity contribution in [3.63, 3.8) is 0 Å². The normalized spacial score (nSPS) is 11.2. The van der Waals surface area contributed by atoms with E-state index in [1.807, 2.05) is 66.7 Å². The van der Waals surface area contributed by atoms with Crippen LogP contribution in [-0.4, -0.2) is 11.7 Å². The molecule has 0 aliphatic heterocycles. The lowest BCUT2D eigenvalue weighted by Crippen LogP contribution is -2.13. The number of hydrogen-bond acceptors (Lipinski definition) is 3. The topological polar surface area (TPSA) is 46.2 Å². The summed E-state index contributed by atoms with van der Waals surface area (Å²) in [4.78, 5) is 27.0. The number of ketones is 1. The van der Waals surface area contributed by atoms with Crippen molar-refractivity contribution in [2.24, 2.45) is 0 Å². The first-order valence-electron chi connectivity index (χ1n) is 11.6. The van der Waals surface area contributed by atoms with Gasteiger partial charge in [-0.05, 0) is 52.9 Å². The molecule has 0 aliphatic carbocycles. The highest BCUT2D eigenvalue weighted by molar-refractivity contribution is 7.98. The third-order valence-electron chi connectivity index (χ3n) is 5.76. The second kappa shape index (κ2) is 10.7. The highest BCUT2D eigenvalue weighted by atomic mass is 32.2. The molecule has 0 unspecified atom stereocenters. The minimum atomic E-state index is -0.202.